The van der Waals surface area contributed by atoms with E-state index in [1.54, 1.807) is 0 Å². The van der Waals surface area contributed by atoms with Gasteiger partial charge in [0.15, 0.2) is 0 Å². The van der Waals surface area contributed by atoms with Crippen molar-refractivity contribution in [3.63, 3.8) is 0 Å². The Morgan fingerprint density at radius 3 is 2.59 bits per heavy atom. The van der Waals surface area contributed by atoms with Crippen molar-refractivity contribution in [3.8, 4) is 11.1 Å². The Kier molecular flexibility index (Phi) is 5.69. The highest BCUT2D eigenvalue weighted by molar-refractivity contribution is 7.88. The molecule has 2 fully saturated rings. The second-order valence-electron chi connectivity index (χ2n) is 8.06. The molecule has 1 saturated carbocycles. The third-order valence-electron chi connectivity index (χ3n) is 5.74. The van der Waals surface area contributed by atoms with E-state index in [2.05, 4.69) is 16.9 Å². The van der Waals surface area contributed by atoms with E-state index in [1.165, 1.54) is 11.8 Å². The molecule has 3 unspecified atom stereocenters. The third-order valence-corrected chi connectivity index (χ3v) is 6.75. The van der Waals surface area contributed by atoms with Crippen molar-refractivity contribution < 1.29 is 13.2 Å². The van der Waals surface area contributed by atoms with Gasteiger partial charge in [-0.15, -0.1) is 0 Å². The van der Waals surface area contributed by atoms with E-state index >= 15 is 0 Å². The molecule has 3 atom stereocenters. The van der Waals surface area contributed by atoms with E-state index in [9.17, 15) is 13.2 Å². The molecule has 1 heterocycles. The van der Waals surface area contributed by atoms with Crippen molar-refractivity contribution in [2.45, 2.75) is 31.2 Å². The zero-order valence-corrected chi connectivity index (χ0v) is 17.9. The summed E-state index contributed by atoms with van der Waals surface area (Å²) in [7, 11) is -3.27. The van der Waals surface area contributed by atoms with E-state index in [4.69, 9.17) is 11.6 Å². The third kappa shape index (κ3) is 4.82. The Bertz CT molecular complexity index is 1010. The standard InChI is InChI=1S/C22H25ClN2O3S/c1-29(27,28)24-17-5-4-12-25(14-17)22(26)21-13-20(21)19-7-3-2-6-18(19)15-8-10-16(23)11-9-15/h2-3,6-11,17,20-21,24H,4-5,12-14H2,1H3. The van der Waals surface area contributed by atoms with Gasteiger partial charge in [0.25, 0.3) is 0 Å². The number of benzene rings is 2. The average molecular weight is 433 g/mol. The van der Waals surface area contributed by atoms with E-state index in [1.807, 2.05) is 41.3 Å². The van der Waals surface area contributed by atoms with Gasteiger partial charge in [-0.25, -0.2) is 13.1 Å². The molecule has 1 N–H and O–H groups in total. The predicted molar refractivity (Wildman–Crippen MR) is 115 cm³/mol. The van der Waals surface area contributed by atoms with Crippen LogP contribution in [0.25, 0.3) is 11.1 Å². The van der Waals surface area contributed by atoms with Crippen LogP contribution in [0, 0.1) is 5.92 Å². The van der Waals surface area contributed by atoms with Gasteiger partial charge in [0, 0.05) is 30.1 Å². The first-order valence-corrected chi connectivity index (χ1v) is 12.2. The summed E-state index contributed by atoms with van der Waals surface area (Å²) in [5.41, 5.74) is 3.43. The lowest BCUT2D eigenvalue weighted by Gasteiger charge is -2.33. The maximum atomic E-state index is 13.1. The lowest BCUT2D eigenvalue weighted by molar-refractivity contribution is -0.133. The van der Waals surface area contributed by atoms with Gasteiger partial charge >= 0.3 is 0 Å². The highest BCUT2D eigenvalue weighted by atomic mass is 35.5. The summed E-state index contributed by atoms with van der Waals surface area (Å²) in [4.78, 5) is 14.9. The molecule has 2 aliphatic rings. The van der Waals surface area contributed by atoms with Crippen LogP contribution in [-0.2, 0) is 14.8 Å². The van der Waals surface area contributed by atoms with Crippen LogP contribution < -0.4 is 4.72 Å². The zero-order valence-electron chi connectivity index (χ0n) is 16.3. The summed E-state index contributed by atoms with van der Waals surface area (Å²) in [6.07, 6.45) is 3.59. The molecule has 0 radical (unpaired) electrons. The fourth-order valence-corrected chi connectivity index (χ4v) is 5.26. The molecule has 29 heavy (non-hydrogen) atoms. The number of piperidine rings is 1. The fourth-order valence-electron chi connectivity index (χ4n) is 4.34. The molecule has 1 aliphatic heterocycles. The number of sulfonamides is 1. The molecule has 1 amide bonds. The van der Waals surface area contributed by atoms with Crippen LogP contribution in [0.3, 0.4) is 0 Å². The largest absolute Gasteiger partial charge is 0.341 e. The smallest absolute Gasteiger partial charge is 0.226 e. The number of nitrogens with one attached hydrogen (secondary N) is 1. The number of amides is 1. The van der Waals surface area contributed by atoms with Crippen molar-refractivity contribution in [3.05, 3.63) is 59.1 Å². The summed E-state index contributed by atoms with van der Waals surface area (Å²) >= 11 is 6.02. The minimum absolute atomic E-state index is 0.0274. The highest BCUT2D eigenvalue weighted by Gasteiger charge is 2.47. The molecule has 1 saturated heterocycles. The van der Waals surface area contributed by atoms with Gasteiger partial charge in [-0.1, -0.05) is 48.0 Å². The number of carbonyl (C=O) groups excluding carboxylic acids is 1. The molecule has 2 aromatic rings. The van der Waals surface area contributed by atoms with E-state index in [0.717, 1.165) is 30.4 Å². The van der Waals surface area contributed by atoms with Crippen LogP contribution in [0.2, 0.25) is 5.02 Å². The Balaban J connectivity index is 1.47. The van der Waals surface area contributed by atoms with Crippen LogP contribution in [0.15, 0.2) is 48.5 Å². The summed E-state index contributed by atoms with van der Waals surface area (Å²) in [5.74, 6) is 0.318. The molecular formula is C22H25ClN2O3S. The monoisotopic (exact) mass is 432 g/mol. The van der Waals surface area contributed by atoms with Gasteiger partial charge < -0.3 is 4.90 Å². The zero-order chi connectivity index (χ0) is 20.6. The van der Waals surface area contributed by atoms with Crippen LogP contribution in [-0.4, -0.2) is 44.6 Å². The minimum atomic E-state index is -3.27. The van der Waals surface area contributed by atoms with Gasteiger partial charge in [-0.3, -0.25) is 4.79 Å². The van der Waals surface area contributed by atoms with Crippen molar-refractivity contribution in [1.29, 1.82) is 0 Å². The van der Waals surface area contributed by atoms with Gasteiger partial charge in [0.05, 0.1) is 6.26 Å². The Morgan fingerprint density at radius 2 is 1.86 bits per heavy atom. The van der Waals surface area contributed by atoms with Crippen molar-refractivity contribution in [1.82, 2.24) is 9.62 Å². The number of halogens is 1. The van der Waals surface area contributed by atoms with E-state index in [0.29, 0.717) is 18.1 Å². The molecule has 154 valence electrons. The second-order valence-corrected chi connectivity index (χ2v) is 10.3. The highest BCUT2D eigenvalue weighted by Crippen LogP contribution is 2.51. The molecule has 0 bridgehead atoms. The maximum Gasteiger partial charge on any atom is 0.226 e. The first-order chi connectivity index (χ1) is 13.8. The first-order valence-electron chi connectivity index (χ1n) is 9.93. The molecule has 1 aliphatic carbocycles. The van der Waals surface area contributed by atoms with Crippen molar-refractivity contribution in [2.75, 3.05) is 19.3 Å². The topological polar surface area (TPSA) is 66.5 Å². The quantitative estimate of drug-likeness (QED) is 0.784. The van der Waals surface area contributed by atoms with Crippen LogP contribution in [0.4, 0.5) is 0 Å². The normalized spacial score (nSPS) is 24.3. The van der Waals surface area contributed by atoms with Gasteiger partial charge in [0.2, 0.25) is 15.9 Å². The average Bonchev–Trinajstić information content (AvgIpc) is 3.48. The molecule has 0 aromatic heterocycles. The summed E-state index contributed by atoms with van der Waals surface area (Å²) in [5, 5.41) is 0.702. The number of hydrogen-bond acceptors (Lipinski definition) is 3. The number of carbonyl (C=O) groups is 1. The number of rotatable bonds is 5. The Hall–Kier alpha value is -1.89. The summed E-state index contributed by atoms with van der Waals surface area (Å²) < 4.78 is 25.7. The molecule has 4 rings (SSSR count). The van der Waals surface area contributed by atoms with E-state index < -0.39 is 10.0 Å². The predicted octanol–water partition coefficient (Wildman–Crippen LogP) is 3.65. The van der Waals surface area contributed by atoms with E-state index in [-0.39, 0.29) is 23.8 Å². The first kappa shape index (κ1) is 20.4. The Labute approximate surface area is 177 Å². The maximum absolute atomic E-state index is 13.1. The van der Waals surface area contributed by atoms with Crippen molar-refractivity contribution in [2.24, 2.45) is 5.92 Å². The number of hydrogen-bond donors (Lipinski definition) is 1. The van der Waals surface area contributed by atoms with Crippen LogP contribution in [0.1, 0.15) is 30.7 Å². The van der Waals surface area contributed by atoms with Crippen LogP contribution >= 0.6 is 11.6 Å². The molecule has 0 spiro atoms. The van der Waals surface area contributed by atoms with Gasteiger partial charge in [0.1, 0.15) is 0 Å². The number of likely N-dealkylation sites (tertiary alicyclic amines) is 1. The van der Waals surface area contributed by atoms with Gasteiger partial charge in [-0.05, 0) is 54.0 Å². The lowest BCUT2D eigenvalue weighted by Crippen LogP contribution is -2.49. The fraction of sp³-hybridized carbons (Fsp3) is 0.409. The minimum Gasteiger partial charge on any atom is -0.341 e. The van der Waals surface area contributed by atoms with Crippen LogP contribution in [0.5, 0.6) is 0 Å². The van der Waals surface area contributed by atoms with Gasteiger partial charge in [-0.2, -0.15) is 0 Å². The molecule has 7 heteroatoms. The summed E-state index contributed by atoms with van der Waals surface area (Å²) in [6.45, 7) is 1.15. The SMILES string of the molecule is CS(=O)(=O)NC1CCCN(C(=O)C2CC2c2ccccc2-c2ccc(Cl)cc2)C1. The second kappa shape index (κ2) is 8.09. The molecule has 2 aromatic carbocycles. The van der Waals surface area contributed by atoms with Crippen molar-refractivity contribution >= 4 is 27.5 Å². The molecule has 5 nitrogen and oxygen atoms in total. The summed E-state index contributed by atoms with van der Waals surface area (Å²) in [6, 6.07) is 15.8. The number of nitrogens with zero attached hydrogens (tertiary/aromatic N) is 1. The lowest BCUT2D eigenvalue weighted by atomic mass is 9.95. The molecular weight excluding hydrogens is 408 g/mol. The Morgan fingerprint density at radius 1 is 1.14 bits per heavy atom.